The first-order valence-corrected chi connectivity index (χ1v) is 8.29. The van der Waals surface area contributed by atoms with Crippen LogP contribution in [0.2, 0.25) is 5.02 Å². The predicted octanol–water partition coefficient (Wildman–Crippen LogP) is 6.06. The molecule has 0 aliphatic carbocycles. The van der Waals surface area contributed by atoms with Gasteiger partial charge in [0.1, 0.15) is 0 Å². The second kappa shape index (κ2) is 6.14. The summed E-state index contributed by atoms with van der Waals surface area (Å²) >= 11 is 11.0. The Bertz CT molecular complexity index is 796. The number of hydrogen-bond acceptors (Lipinski definition) is 2. The van der Waals surface area contributed by atoms with E-state index >= 15 is 0 Å². The van der Waals surface area contributed by atoms with Crippen LogP contribution >= 0.6 is 38.9 Å². The van der Waals surface area contributed by atoms with Crippen LogP contribution in [0.25, 0.3) is 10.4 Å². The fourth-order valence-electron chi connectivity index (χ4n) is 2.02. The second-order valence-corrected chi connectivity index (χ2v) is 6.89. The summed E-state index contributed by atoms with van der Waals surface area (Å²) in [5.41, 5.74) is 1.64. The highest BCUT2D eigenvalue weighted by Crippen LogP contribution is 2.31. The van der Waals surface area contributed by atoms with E-state index in [4.69, 9.17) is 11.6 Å². The Balaban J connectivity index is 1.94. The van der Waals surface area contributed by atoms with Crippen LogP contribution in [-0.2, 0) is 0 Å². The average Bonchev–Trinajstić information content (AvgIpc) is 2.97. The van der Waals surface area contributed by atoms with Gasteiger partial charge in [-0.1, -0.05) is 57.9 Å². The van der Waals surface area contributed by atoms with Crippen molar-refractivity contribution in [1.29, 1.82) is 0 Å². The van der Waals surface area contributed by atoms with Crippen molar-refractivity contribution in [2.24, 2.45) is 0 Å². The van der Waals surface area contributed by atoms with E-state index in [9.17, 15) is 4.79 Å². The fourth-order valence-corrected chi connectivity index (χ4v) is 3.75. The van der Waals surface area contributed by atoms with Gasteiger partial charge in [0.15, 0.2) is 0 Å². The molecule has 0 saturated carbocycles. The van der Waals surface area contributed by atoms with Crippen molar-refractivity contribution in [2.75, 3.05) is 0 Å². The summed E-state index contributed by atoms with van der Waals surface area (Å²) in [5, 5.41) is 0.462. The van der Waals surface area contributed by atoms with Crippen molar-refractivity contribution in [3.8, 4) is 10.4 Å². The van der Waals surface area contributed by atoms with Gasteiger partial charge in [-0.2, -0.15) is 0 Å². The van der Waals surface area contributed by atoms with E-state index in [1.807, 2.05) is 48.5 Å². The van der Waals surface area contributed by atoms with Crippen LogP contribution in [0, 0.1) is 0 Å². The number of carbonyl (C=O) groups is 1. The van der Waals surface area contributed by atoms with Crippen molar-refractivity contribution in [3.05, 3.63) is 80.6 Å². The summed E-state index contributed by atoms with van der Waals surface area (Å²) < 4.78 is 0.861. The molecule has 0 amide bonds. The van der Waals surface area contributed by atoms with Gasteiger partial charge < -0.3 is 0 Å². The zero-order valence-electron chi connectivity index (χ0n) is 10.8. The summed E-state index contributed by atoms with van der Waals surface area (Å²) in [6.07, 6.45) is 0. The first-order valence-electron chi connectivity index (χ1n) is 6.30. The molecule has 0 aliphatic heterocycles. The minimum absolute atomic E-state index is 0.0420. The molecular weight excluding hydrogens is 368 g/mol. The third-order valence-corrected chi connectivity index (χ3v) is 5.00. The van der Waals surface area contributed by atoms with Crippen LogP contribution in [0.5, 0.6) is 0 Å². The lowest BCUT2D eigenvalue weighted by molar-refractivity contribution is 0.104. The van der Waals surface area contributed by atoms with E-state index in [0.29, 0.717) is 15.5 Å². The van der Waals surface area contributed by atoms with Crippen LogP contribution in [0.15, 0.2) is 65.1 Å². The van der Waals surface area contributed by atoms with E-state index in [1.54, 1.807) is 12.1 Å². The van der Waals surface area contributed by atoms with Crippen LogP contribution < -0.4 is 0 Å². The van der Waals surface area contributed by atoms with Gasteiger partial charge in [0.2, 0.25) is 5.78 Å². The highest BCUT2D eigenvalue weighted by molar-refractivity contribution is 9.10. The molecule has 0 atom stereocenters. The lowest BCUT2D eigenvalue weighted by Crippen LogP contribution is -1.99. The van der Waals surface area contributed by atoms with E-state index in [1.165, 1.54) is 11.3 Å². The van der Waals surface area contributed by atoms with Crippen molar-refractivity contribution in [3.63, 3.8) is 0 Å². The molecule has 2 aromatic carbocycles. The number of thiophene rings is 1. The van der Waals surface area contributed by atoms with Gasteiger partial charge in [-0.05, 0) is 35.9 Å². The molecule has 0 aliphatic rings. The zero-order valence-corrected chi connectivity index (χ0v) is 14.0. The van der Waals surface area contributed by atoms with Crippen molar-refractivity contribution >= 4 is 44.7 Å². The van der Waals surface area contributed by atoms with E-state index in [2.05, 4.69) is 15.9 Å². The molecule has 21 heavy (non-hydrogen) atoms. The first-order chi connectivity index (χ1) is 10.1. The average molecular weight is 378 g/mol. The van der Waals surface area contributed by atoms with E-state index in [0.717, 1.165) is 14.9 Å². The van der Waals surface area contributed by atoms with Crippen LogP contribution in [0.3, 0.4) is 0 Å². The molecule has 0 radical (unpaired) electrons. The molecule has 0 fully saturated rings. The minimum atomic E-state index is -0.0420. The molecule has 0 bridgehead atoms. The monoisotopic (exact) mass is 376 g/mol. The maximum atomic E-state index is 12.5. The number of carbonyl (C=O) groups excluding carboxylic acids is 1. The summed E-state index contributed by atoms with van der Waals surface area (Å²) in [6.45, 7) is 0. The standard InChI is InChI=1S/C17H10BrClOS/c18-12-6-7-13(14(19)10-12)17(20)16-9-8-15(21-16)11-4-2-1-3-5-11/h1-10H. The quantitative estimate of drug-likeness (QED) is 0.507. The second-order valence-electron chi connectivity index (χ2n) is 4.48. The third-order valence-electron chi connectivity index (χ3n) is 3.06. The van der Waals surface area contributed by atoms with Crippen LogP contribution in [-0.4, -0.2) is 5.78 Å². The molecule has 104 valence electrons. The van der Waals surface area contributed by atoms with Crippen molar-refractivity contribution in [2.45, 2.75) is 0 Å². The molecule has 0 spiro atoms. The Morgan fingerprint density at radius 1 is 1.00 bits per heavy atom. The van der Waals surface area contributed by atoms with E-state index in [-0.39, 0.29) is 5.78 Å². The summed E-state index contributed by atoms with van der Waals surface area (Å²) in [4.78, 5) is 14.3. The highest BCUT2D eigenvalue weighted by atomic mass is 79.9. The molecule has 1 nitrogen and oxygen atoms in total. The van der Waals surface area contributed by atoms with Crippen LogP contribution in [0.1, 0.15) is 15.2 Å². The van der Waals surface area contributed by atoms with Crippen molar-refractivity contribution < 1.29 is 4.79 Å². The van der Waals surface area contributed by atoms with Crippen LogP contribution in [0.4, 0.5) is 0 Å². The molecule has 1 aromatic heterocycles. The number of halogens is 2. The van der Waals surface area contributed by atoms with Crippen molar-refractivity contribution in [1.82, 2.24) is 0 Å². The molecule has 0 unspecified atom stereocenters. The van der Waals surface area contributed by atoms with Gasteiger partial charge in [-0.15, -0.1) is 11.3 Å². The Labute approximate surface area is 140 Å². The largest absolute Gasteiger partial charge is 0.288 e. The normalized spacial score (nSPS) is 10.6. The molecule has 4 heteroatoms. The maximum Gasteiger partial charge on any atom is 0.204 e. The zero-order chi connectivity index (χ0) is 14.8. The lowest BCUT2D eigenvalue weighted by Gasteiger charge is -2.02. The van der Waals surface area contributed by atoms with Gasteiger partial charge in [0, 0.05) is 14.9 Å². The number of rotatable bonds is 3. The first kappa shape index (κ1) is 14.5. The molecule has 3 aromatic rings. The van der Waals surface area contributed by atoms with Gasteiger partial charge in [-0.3, -0.25) is 4.79 Å². The number of benzene rings is 2. The Hall–Kier alpha value is -1.42. The highest BCUT2D eigenvalue weighted by Gasteiger charge is 2.15. The molecule has 0 N–H and O–H groups in total. The molecule has 0 saturated heterocycles. The molecular formula is C17H10BrClOS. The van der Waals surface area contributed by atoms with Gasteiger partial charge >= 0.3 is 0 Å². The summed E-state index contributed by atoms with van der Waals surface area (Å²) in [5.74, 6) is -0.0420. The van der Waals surface area contributed by atoms with Gasteiger partial charge in [0.25, 0.3) is 0 Å². The third kappa shape index (κ3) is 3.10. The maximum absolute atomic E-state index is 12.5. The summed E-state index contributed by atoms with van der Waals surface area (Å²) in [7, 11) is 0. The molecule has 3 rings (SSSR count). The Kier molecular flexibility index (Phi) is 4.24. The van der Waals surface area contributed by atoms with Gasteiger partial charge in [-0.25, -0.2) is 0 Å². The predicted molar refractivity (Wildman–Crippen MR) is 92.3 cm³/mol. The SMILES string of the molecule is O=C(c1ccc(-c2ccccc2)s1)c1ccc(Br)cc1Cl. The minimum Gasteiger partial charge on any atom is -0.288 e. The fraction of sp³-hybridized carbons (Fsp3) is 0. The Morgan fingerprint density at radius 2 is 1.76 bits per heavy atom. The topological polar surface area (TPSA) is 17.1 Å². The summed E-state index contributed by atoms with van der Waals surface area (Å²) in [6, 6.07) is 19.2. The van der Waals surface area contributed by atoms with Gasteiger partial charge in [0.05, 0.1) is 9.90 Å². The smallest absolute Gasteiger partial charge is 0.204 e. The lowest BCUT2D eigenvalue weighted by atomic mass is 10.1. The molecule has 1 heterocycles. The number of hydrogen-bond donors (Lipinski definition) is 0. The van der Waals surface area contributed by atoms with E-state index < -0.39 is 0 Å². The number of ketones is 1. The Morgan fingerprint density at radius 3 is 2.48 bits per heavy atom.